The fourth-order valence-electron chi connectivity index (χ4n) is 3.62. The van der Waals surface area contributed by atoms with Crippen LogP contribution in [0.1, 0.15) is 24.0 Å². The lowest BCUT2D eigenvalue weighted by molar-refractivity contribution is 0.430. The second kappa shape index (κ2) is 6.76. The van der Waals surface area contributed by atoms with Crippen LogP contribution in [-0.4, -0.2) is 29.3 Å². The first-order chi connectivity index (χ1) is 12.2. The number of benzene rings is 2. The van der Waals surface area contributed by atoms with Crippen LogP contribution in [0.25, 0.3) is 10.9 Å². The fourth-order valence-corrected chi connectivity index (χ4v) is 3.62. The molecule has 1 unspecified atom stereocenters. The molecule has 1 saturated heterocycles. The van der Waals surface area contributed by atoms with Gasteiger partial charge in [0.05, 0.1) is 11.7 Å². The number of anilines is 2. The molecule has 3 aromatic rings. The summed E-state index contributed by atoms with van der Waals surface area (Å²) in [6, 6.07) is 13.4. The van der Waals surface area contributed by atoms with Gasteiger partial charge < -0.3 is 16.0 Å². The highest BCUT2D eigenvalue weighted by Gasteiger charge is 2.22. The lowest BCUT2D eigenvalue weighted by Gasteiger charge is -2.36. The van der Waals surface area contributed by atoms with Crippen molar-refractivity contribution in [3.63, 3.8) is 0 Å². The summed E-state index contributed by atoms with van der Waals surface area (Å²) < 4.78 is 0. The SMILES string of the molecule is Cc1ccc(CN(c2ccc3[nH]ncc3c2)C2CCCNC2)cc1N. The highest BCUT2D eigenvalue weighted by Crippen LogP contribution is 2.27. The van der Waals surface area contributed by atoms with Crippen LogP contribution in [0, 0.1) is 6.92 Å². The van der Waals surface area contributed by atoms with E-state index in [4.69, 9.17) is 5.73 Å². The van der Waals surface area contributed by atoms with Crippen molar-refractivity contribution in [3.8, 4) is 0 Å². The van der Waals surface area contributed by atoms with E-state index < -0.39 is 0 Å². The smallest absolute Gasteiger partial charge is 0.0651 e. The van der Waals surface area contributed by atoms with Gasteiger partial charge in [-0.05, 0) is 61.7 Å². The molecular formula is C20H25N5. The van der Waals surface area contributed by atoms with Crippen molar-refractivity contribution < 1.29 is 0 Å². The number of aryl methyl sites for hydroxylation is 1. The summed E-state index contributed by atoms with van der Waals surface area (Å²) in [7, 11) is 0. The maximum Gasteiger partial charge on any atom is 0.0651 e. The number of nitrogens with two attached hydrogens (primary N) is 1. The number of hydrogen-bond acceptors (Lipinski definition) is 4. The number of hydrogen-bond donors (Lipinski definition) is 3. The molecule has 4 N–H and O–H groups in total. The molecule has 5 nitrogen and oxygen atoms in total. The number of aromatic amines is 1. The van der Waals surface area contributed by atoms with Crippen molar-refractivity contribution in [2.75, 3.05) is 23.7 Å². The maximum absolute atomic E-state index is 6.13. The quantitative estimate of drug-likeness (QED) is 0.640. The first-order valence-electron chi connectivity index (χ1n) is 8.96. The zero-order valence-electron chi connectivity index (χ0n) is 14.6. The minimum Gasteiger partial charge on any atom is -0.399 e. The number of aromatic nitrogens is 2. The molecule has 0 aliphatic carbocycles. The molecule has 2 heterocycles. The molecule has 4 rings (SSSR count). The van der Waals surface area contributed by atoms with Crippen LogP contribution in [0.3, 0.4) is 0 Å². The summed E-state index contributed by atoms with van der Waals surface area (Å²) in [6.45, 7) is 5.04. The second-order valence-electron chi connectivity index (χ2n) is 6.96. The predicted molar refractivity (Wildman–Crippen MR) is 104 cm³/mol. The second-order valence-corrected chi connectivity index (χ2v) is 6.96. The Morgan fingerprint density at radius 1 is 1.24 bits per heavy atom. The molecule has 1 aromatic heterocycles. The molecule has 1 aliphatic heterocycles. The Hall–Kier alpha value is -2.53. The van der Waals surface area contributed by atoms with Crippen LogP contribution < -0.4 is 16.0 Å². The van der Waals surface area contributed by atoms with E-state index >= 15 is 0 Å². The Morgan fingerprint density at radius 2 is 2.16 bits per heavy atom. The largest absolute Gasteiger partial charge is 0.399 e. The van der Waals surface area contributed by atoms with Gasteiger partial charge in [-0.2, -0.15) is 5.10 Å². The fraction of sp³-hybridized carbons (Fsp3) is 0.350. The van der Waals surface area contributed by atoms with E-state index in [1.807, 2.05) is 6.20 Å². The van der Waals surface area contributed by atoms with Gasteiger partial charge in [0.25, 0.3) is 0 Å². The van der Waals surface area contributed by atoms with E-state index in [1.54, 1.807) is 0 Å². The molecule has 1 fully saturated rings. The van der Waals surface area contributed by atoms with Gasteiger partial charge in [0.2, 0.25) is 0 Å². The summed E-state index contributed by atoms with van der Waals surface area (Å²) in [5, 5.41) is 11.9. The Labute approximate surface area is 148 Å². The van der Waals surface area contributed by atoms with Gasteiger partial charge >= 0.3 is 0 Å². The van der Waals surface area contributed by atoms with Crippen LogP contribution in [0.15, 0.2) is 42.6 Å². The number of fused-ring (bicyclic) bond motifs is 1. The molecule has 5 heteroatoms. The van der Waals surface area contributed by atoms with E-state index in [1.165, 1.54) is 24.1 Å². The lowest BCUT2D eigenvalue weighted by atomic mass is 10.0. The zero-order valence-corrected chi connectivity index (χ0v) is 14.6. The Bertz CT molecular complexity index is 863. The van der Waals surface area contributed by atoms with Gasteiger partial charge in [0.15, 0.2) is 0 Å². The highest BCUT2D eigenvalue weighted by atomic mass is 15.2. The van der Waals surface area contributed by atoms with Crippen molar-refractivity contribution >= 4 is 22.3 Å². The first-order valence-corrected chi connectivity index (χ1v) is 8.96. The monoisotopic (exact) mass is 335 g/mol. The molecule has 2 aromatic carbocycles. The molecule has 0 saturated carbocycles. The summed E-state index contributed by atoms with van der Waals surface area (Å²) in [5.41, 5.74) is 11.7. The number of nitrogens with zero attached hydrogens (tertiary/aromatic N) is 2. The molecule has 0 amide bonds. The zero-order chi connectivity index (χ0) is 17.2. The van der Waals surface area contributed by atoms with Crippen molar-refractivity contribution in [2.45, 2.75) is 32.4 Å². The minimum atomic E-state index is 0.487. The van der Waals surface area contributed by atoms with Crippen LogP contribution in [0.4, 0.5) is 11.4 Å². The first kappa shape index (κ1) is 16.0. The number of piperidine rings is 1. The van der Waals surface area contributed by atoms with Crippen molar-refractivity contribution in [1.82, 2.24) is 15.5 Å². The standard InChI is InChI=1S/C20H25N5/c1-14-4-5-15(9-19(14)21)13-25(18-3-2-8-22-12-18)17-6-7-20-16(10-17)11-23-24-20/h4-7,9-11,18,22H,2-3,8,12-13,21H2,1H3,(H,23,24). The third kappa shape index (κ3) is 3.33. The van der Waals surface area contributed by atoms with Gasteiger partial charge in [-0.3, -0.25) is 5.10 Å². The molecule has 0 bridgehead atoms. The molecule has 1 aliphatic rings. The molecule has 25 heavy (non-hydrogen) atoms. The summed E-state index contributed by atoms with van der Waals surface area (Å²) >= 11 is 0. The third-order valence-electron chi connectivity index (χ3n) is 5.16. The maximum atomic E-state index is 6.13. The summed E-state index contributed by atoms with van der Waals surface area (Å²) in [5.74, 6) is 0. The minimum absolute atomic E-state index is 0.487. The van der Waals surface area contributed by atoms with Crippen LogP contribution in [0.2, 0.25) is 0 Å². The lowest BCUT2D eigenvalue weighted by Crippen LogP contribution is -2.45. The normalized spacial score (nSPS) is 17.7. The van der Waals surface area contributed by atoms with Gasteiger partial charge in [0, 0.05) is 35.9 Å². The van der Waals surface area contributed by atoms with Crippen LogP contribution >= 0.6 is 0 Å². The molecule has 1 atom stereocenters. The number of nitrogen functional groups attached to an aromatic ring is 1. The van der Waals surface area contributed by atoms with Gasteiger partial charge in [-0.15, -0.1) is 0 Å². The highest BCUT2D eigenvalue weighted by molar-refractivity contribution is 5.82. The molecular weight excluding hydrogens is 310 g/mol. The van der Waals surface area contributed by atoms with Crippen molar-refractivity contribution in [2.24, 2.45) is 0 Å². The van der Waals surface area contributed by atoms with Gasteiger partial charge in [-0.25, -0.2) is 0 Å². The van der Waals surface area contributed by atoms with Crippen LogP contribution in [0.5, 0.6) is 0 Å². The predicted octanol–water partition coefficient (Wildman–Crippen LogP) is 3.21. The topological polar surface area (TPSA) is 70.0 Å². The number of nitrogens with one attached hydrogen (secondary N) is 2. The van der Waals surface area contributed by atoms with Gasteiger partial charge in [0.1, 0.15) is 0 Å². The average molecular weight is 335 g/mol. The Balaban J connectivity index is 1.68. The number of rotatable bonds is 4. The van der Waals surface area contributed by atoms with E-state index in [2.05, 4.69) is 63.7 Å². The average Bonchev–Trinajstić information content (AvgIpc) is 3.11. The Morgan fingerprint density at radius 3 is 2.96 bits per heavy atom. The molecule has 0 radical (unpaired) electrons. The van der Waals surface area contributed by atoms with E-state index in [9.17, 15) is 0 Å². The van der Waals surface area contributed by atoms with E-state index in [0.29, 0.717) is 6.04 Å². The number of H-pyrrole nitrogens is 1. The molecule has 130 valence electrons. The van der Waals surface area contributed by atoms with E-state index in [0.717, 1.165) is 41.8 Å². The van der Waals surface area contributed by atoms with Gasteiger partial charge in [-0.1, -0.05) is 12.1 Å². The van der Waals surface area contributed by atoms with Crippen molar-refractivity contribution in [1.29, 1.82) is 0 Å². The Kier molecular flexibility index (Phi) is 4.32. The van der Waals surface area contributed by atoms with Crippen molar-refractivity contribution in [3.05, 3.63) is 53.7 Å². The van der Waals surface area contributed by atoms with Crippen LogP contribution in [-0.2, 0) is 6.54 Å². The van der Waals surface area contributed by atoms with E-state index in [-0.39, 0.29) is 0 Å². The summed E-state index contributed by atoms with van der Waals surface area (Å²) in [6.07, 6.45) is 4.31. The molecule has 0 spiro atoms. The summed E-state index contributed by atoms with van der Waals surface area (Å²) in [4.78, 5) is 2.50. The third-order valence-corrected chi connectivity index (χ3v) is 5.16.